The van der Waals surface area contributed by atoms with Crippen molar-refractivity contribution in [2.75, 3.05) is 0 Å². The maximum absolute atomic E-state index is 5.78. The third kappa shape index (κ3) is 2.36. The monoisotopic (exact) mass is 131 g/mol. The highest BCUT2D eigenvalue weighted by atomic mass is 35.5. The highest BCUT2D eigenvalue weighted by molar-refractivity contribution is 6.26. The van der Waals surface area contributed by atoms with Crippen LogP contribution in [0.15, 0.2) is 4.99 Å². The Balaban J connectivity index is 3.44. The Hall–Kier alpha value is 0.0249. The predicted molar refractivity (Wildman–Crippen MR) is 41.8 cm³/mol. The van der Waals surface area contributed by atoms with E-state index in [0.29, 0.717) is 0 Å². The van der Waals surface area contributed by atoms with Crippen LogP contribution in [-0.2, 0) is 0 Å². The molecule has 0 saturated heterocycles. The number of hydrogen-bond donors (Lipinski definition) is 0. The molecule has 0 aromatic rings. The minimum atomic E-state index is 0.160. The van der Waals surface area contributed by atoms with Crippen LogP contribution in [0.1, 0.15) is 13.3 Å². The Labute approximate surface area is 56.5 Å². The van der Waals surface area contributed by atoms with Crippen LogP contribution in [-0.4, -0.2) is 25.9 Å². The van der Waals surface area contributed by atoms with E-state index in [1.807, 2.05) is 14.8 Å². The van der Waals surface area contributed by atoms with E-state index < -0.39 is 0 Å². The first-order valence-electron chi connectivity index (χ1n) is 2.82. The summed E-state index contributed by atoms with van der Waals surface area (Å²) < 4.78 is 0. The van der Waals surface area contributed by atoms with Gasteiger partial charge in [0.25, 0.3) is 0 Å². The zero-order valence-electron chi connectivity index (χ0n) is 5.39. The lowest BCUT2D eigenvalue weighted by Gasteiger charge is -2.09. The normalized spacial score (nSPS) is 17.2. The van der Waals surface area contributed by atoms with Crippen LogP contribution in [0.5, 0.6) is 0 Å². The van der Waals surface area contributed by atoms with Crippen LogP contribution in [0, 0.1) is 0 Å². The molecule has 1 nitrogen and oxygen atoms in total. The van der Waals surface area contributed by atoms with Crippen molar-refractivity contribution in [3.63, 3.8) is 0 Å². The Bertz CT molecular complexity index is 76.8. The van der Waals surface area contributed by atoms with Crippen LogP contribution < -0.4 is 0 Å². The molecule has 8 heavy (non-hydrogen) atoms. The van der Waals surface area contributed by atoms with E-state index in [-0.39, 0.29) is 11.3 Å². The zero-order valence-corrected chi connectivity index (χ0v) is 6.15. The largest absolute Gasteiger partial charge is 0.305 e. The number of nitrogens with zero attached hydrogens (tertiary/aromatic N) is 1. The molecule has 0 aliphatic carbocycles. The summed E-state index contributed by atoms with van der Waals surface area (Å²) in [6.45, 7) is 5.44. The van der Waals surface area contributed by atoms with Crippen LogP contribution in [0.2, 0.25) is 0 Å². The van der Waals surface area contributed by atoms with E-state index in [4.69, 9.17) is 11.6 Å². The van der Waals surface area contributed by atoms with Gasteiger partial charge in [0.1, 0.15) is 7.85 Å². The molecule has 0 heterocycles. The number of hydrogen-bond acceptors (Lipinski definition) is 1. The molecular formula is C5H11BClN. The van der Waals surface area contributed by atoms with Crippen molar-refractivity contribution < 1.29 is 0 Å². The third-order valence-corrected chi connectivity index (χ3v) is 1.87. The number of halogens is 1. The lowest BCUT2D eigenvalue weighted by molar-refractivity contribution is 0.771. The molecule has 46 valence electrons. The molecule has 0 amide bonds. The molecule has 0 bridgehead atoms. The molecule has 3 heteroatoms. The van der Waals surface area contributed by atoms with Gasteiger partial charge in [-0.25, -0.2) is 0 Å². The van der Waals surface area contributed by atoms with Gasteiger partial charge in [0, 0.05) is 11.3 Å². The standard InChI is InChI=1S/C5H11BClN/c1-3-4(7)5(6)8-2/h4-5H,2-3,6H2,1H3. The molecule has 0 N–H and O–H groups in total. The number of alkyl halides is 1. The Morgan fingerprint density at radius 2 is 2.38 bits per heavy atom. The van der Waals surface area contributed by atoms with Gasteiger partial charge in [0.2, 0.25) is 0 Å². The minimum absolute atomic E-state index is 0.160. The van der Waals surface area contributed by atoms with Crippen molar-refractivity contribution in [3.8, 4) is 0 Å². The van der Waals surface area contributed by atoms with Crippen molar-refractivity contribution in [2.45, 2.75) is 24.7 Å². The van der Waals surface area contributed by atoms with E-state index in [1.54, 1.807) is 0 Å². The van der Waals surface area contributed by atoms with Crippen molar-refractivity contribution in [3.05, 3.63) is 0 Å². The number of rotatable bonds is 3. The molecule has 0 aromatic heterocycles. The van der Waals surface area contributed by atoms with Gasteiger partial charge in [-0.3, -0.25) is 0 Å². The molecule has 0 radical (unpaired) electrons. The molecule has 0 aromatic carbocycles. The Morgan fingerprint density at radius 1 is 1.88 bits per heavy atom. The van der Waals surface area contributed by atoms with Crippen LogP contribution in [0.4, 0.5) is 0 Å². The topological polar surface area (TPSA) is 12.4 Å². The molecule has 0 rings (SSSR count). The molecule has 0 aliphatic heterocycles. The summed E-state index contributed by atoms with van der Waals surface area (Å²) in [6.07, 6.45) is 0.960. The molecule has 0 saturated carbocycles. The van der Waals surface area contributed by atoms with Gasteiger partial charge < -0.3 is 4.99 Å². The number of aliphatic imine (C=N–C) groups is 1. The fraction of sp³-hybridized carbons (Fsp3) is 0.800. The minimum Gasteiger partial charge on any atom is -0.305 e. The van der Waals surface area contributed by atoms with E-state index in [9.17, 15) is 0 Å². The lowest BCUT2D eigenvalue weighted by atomic mass is 9.92. The second-order valence-electron chi connectivity index (χ2n) is 1.85. The zero-order chi connectivity index (χ0) is 6.57. The fourth-order valence-corrected chi connectivity index (χ4v) is 0.535. The average molecular weight is 131 g/mol. The molecular weight excluding hydrogens is 120 g/mol. The van der Waals surface area contributed by atoms with E-state index in [0.717, 1.165) is 6.42 Å². The van der Waals surface area contributed by atoms with Gasteiger partial charge in [-0.15, -0.1) is 11.6 Å². The van der Waals surface area contributed by atoms with Gasteiger partial charge in [-0.05, 0) is 13.1 Å². The highest BCUT2D eigenvalue weighted by Crippen LogP contribution is 2.06. The Kier molecular flexibility index (Phi) is 3.97. The summed E-state index contributed by atoms with van der Waals surface area (Å²) in [5.74, 6) is 0.196. The van der Waals surface area contributed by atoms with Crippen LogP contribution in [0.3, 0.4) is 0 Å². The first-order valence-corrected chi connectivity index (χ1v) is 3.26. The van der Waals surface area contributed by atoms with Crippen molar-refractivity contribution in [1.82, 2.24) is 0 Å². The van der Waals surface area contributed by atoms with Crippen molar-refractivity contribution >= 4 is 26.2 Å². The molecule has 2 atom stereocenters. The third-order valence-electron chi connectivity index (χ3n) is 1.20. The van der Waals surface area contributed by atoms with Gasteiger partial charge in [-0.2, -0.15) is 0 Å². The molecule has 0 fully saturated rings. The fourth-order valence-electron chi connectivity index (χ4n) is 0.455. The van der Waals surface area contributed by atoms with Crippen molar-refractivity contribution in [1.29, 1.82) is 0 Å². The summed E-state index contributed by atoms with van der Waals surface area (Å²) >= 11 is 5.78. The first-order chi connectivity index (χ1) is 3.72. The molecule has 0 aliphatic rings. The summed E-state index contributed by atoms with van der Waals surface area (Å²) in [6, 6.07) is 0. The van der Waals surface area contributed by atoms with E-state index >= 15 is 0 Å². The Morgan fingerprint density at radius 3 is 2.50 bits per heavy atom. The summed E-state index contributed by atoms with van der Waals surface area (Å²) in [5.41, 5.74) is 0. The molecule has 0 spiro atoms. The maximum atomic E-state index is 5.78. The second-order valence-corrected chi connectivity index (χ2v) is 2.41. The highest BCUT2D eigenvalue weighted by Gasteiger charge is 2.07. The summed E-state index contributed by atoms with van der Waals surface area (Å²) in [4.78, 5) is 3.78. The van der Waals surface area contributed by atoms with Gasteiger partial charge in [-0.1, -0.05) is 6.92 Å². The molecule has 2 unspecified atom stereocenters. The summed E-state index contributed by atoms with van der Waals surface area (Å²) in [5, 5.41) is 0.160. The van der Waals surface area contributed by atoms with Crippen LogP contribution >= 0.6 is 11.6 Å². The second kappa shape index (κ2) is 3.96. The quantitative estimate of drug-likeness (QED) is 0.303. The average Bonchev–Trinajstić information content (AvgIpc) is 1.84. The van der Waals surface area contributed by atoms with E-state index in [2.05, 4.69) is 11.7 Å². The first kappa shape index (κ1) is 8.02. The SMILES string of the molecule is BC(N=C)C(Cl)CC. The lowest BCUT2D eigenvalue weighted by Crippen LogP contribution is -2.17. The summed E-state index contributed by atoms with van der Waals surface area (Å²) in [7, 11) is 1.97. The van der Waals surface area contributed by atoms with Gasteiger partial charge >= 0.3 is 0 Å². The van der Waals surface area contributed by atoms with E-state index in [1.165, 1.54) is 0 Å². The predicted octanol–water partition coefficient (Wildman–Crippen LogP) is 0.664. The van der Waals surface area contributed by atoms with Crippen molar-refractivity contribution in [2.24, 2.45) is 4.99 Å². The smallest absolute Gasteiger partial charge is 0.135 e. The van der Waals surface area contributed by atoms with Gasteiger partial charge in [0.15, 0.2) is 0 Å². The van der Waals surface area contributed by atoms with Gasteiger partial charge in [0.05, 0.1) is 0 Å². The maximum Gasteiger partial charge on any atom is 0.135 e. The van der Waals surface area contributed by atoms with Crippen LogP contribution in [0.25, 0.3) is 0 Å².